The predicted molar refractivity (Wildman–Crippen MR) is 66.3 cm³/mol. The van der Waals surface area contributed by atoms with Crippen molar-refractivity contribution in [3.63, 3.8) is 0 Å². The number of alkyl halides is 3. The lowest BCUT2D eigenvalue weighted by atomic mass is 10.1. The maximum Gasteiger partial charge on any atom is 0.389 e. The van der Waals surface area contributed by atoms with E-state index in [1.54, 1.807) is 6.07 Å². The number of nitrogens with two attached hydrogens (primary N) is 1. The third kappa shape index (κ3) is 4.87. The first-order chi connectivity index (χ1) is 9.37. The van der Waals surface area contributed by atoms with Crippen molar-refractivity contribution in [2.45, 2.75) is 19.0 Å². The normalized spacial score (nSPS) is 12.3. The highest BCUT2D eigenvalue weighted by atomic mass is 19.4. The van der Waals surface area contributed by atoms with Gasteiger partial charge >= 0.3 is 6.18 Å². The van der Waals surface area contributed by atoms with Gasteiger partial charge in [-0.3, -0.25) is 0 Å². The molecular formula is C12H15F3N2O3. The SMILES string of the molecule is COc1ccc(/C(N)=N/O)c(OCCCC(F)(F)F)c1. The monoisotopic (exact) mass is 292 g/mol. The van der Waals surface area contributed by atoms with Crippen LogP contribution in [0.1, 0.15) is 18.4 Å². The van der Waals surface area contributed by atoms with Crippen LogP contribution in [-0.4, -0.2) is 30.9 Å². The minimum absolute atomic E-state index is 0.140. The lowest BCUT2D eigenvalue weighted by molar-refractivity contribution is -0.136. The molecule has 0 aliphatic rings. The molecule has 3 N–H and O–H groups in total. The van der Waals surface area contributed by atoms with Crippen LogP contribution in [0.15, 0.2) is 23.4 Å². The highest BCUT2D eigenvalue weighted by Crippen LogP contribution is 2.26. The Morgan fingerprint density at radius 3 is 2.65 bits per heavy atom. The summed E-state index contributed by atoms with van der Waals surface area (Å²) >= 11 is 0. The zero-order chi connectivity index (χ0) is 15.2. The Morgan fingerprint density at radius 2 is 2.10 bits per heavy atom. The molecule has 1 aromatic carbocycles. The summed E-state index contributed by atoms with van der Waals surface area (Å²) in [6, 6.07) is 4.52. The van der Waals surface area contributed by atoms with Gasteiger partial charge in [-0.25, -0.2) is 0 Å². The van der Waals surface area contributed by atoms with Crippen molar-refractivity contribution in [1.82, 2.24) is 0 Å². The summed E-state index contributed by atoms with van der Waals surface area (Å²) in [6.07, 6.45) is -5.33. The van der Waals surface area contributed by atoms with Crippen LogP contribution in [0.25, 0.3) is 0 Å². The molecular weight excluding hydrogens is 277 g/mol. The van der Waals surface area contributed by atoms with Crippen molar-refractivity contribution in [3.8, 4) is 11.5 Å². The van der Waals surface area contributed by atoms with Gasteiger partial charge in [0.15, 0.2) is 5.84 Å². The lowest BCUT2D eigenvalue weighted by Crippen LogP contribution is -2.16. The van der Waals surface area contributed by atoms with E-state index in [0.29, 0.717) is 5.75 Å². The van der Waals surface area contributed by atoms with E-state index in [-0.39, 0.29) is 30.2 Å². The largest absolute Gasteiger partial charge is 0.497 e. The Labute approximate surface area is 113 Å². The van der Waals surface area contributed by atoms with Crippen LogP contribution >= 0.6 is 0 Å². The Hall–Kier alpha value is -2.12. The smallest absolute Gasteiger partial charge is 0.389 e. The third-order valence-corrected chi connectivity index (χ3v) is 2.43. The number of benzene rings is 1. The van der Waals surface area contributed by atoms with Crippen molar-refractivity contribution >= 4 is 5.84 Å². The van der Waals surface area contributed by atoms with Crippen LogP contribution in [0.3, 0.4) is 0 Å². The standard InChI is InChI=1S/C12H15F3N2O3/c1-19-8-3-4-9(11(16)17-18)10(7-8)20-6-2-5-12(13,14)15/h3-4,7,18H,2,5-6H2,1H3,(H2,16,17). The van der Waals surface area contributed by atoms with Gasteiger partial charge < -0.3 is 20.4 Å². The number of ether oxygens (including phenoxy) is 2. The van der Waals surface area contributed by atoms with Gasteiger partial charge in [0.1, 0.15) is 11.5 Å². The molecule has 0 amide bonds. The molecule has 0 bridgehead atoms. The summed E-state index contributed by atoms with van der Waals surface area (Å²) in [5, 5.41) is 11.5. The summed E-state index contributed by atoms with van der Waals surface area (Å²) in [7, 11) is 1.44. The molecule has 8 heteroatoms. The first kappa shape index (κ1) is 15.9. The topological polar surface area (TPSA) is 77.1 Å². The second-order valence-electron chi connectivity index (χ2n) is 3.91. The summed E-state index contributed by atoms with van der Waals surface area (Å²) in [4.78, 5) is 0. The number of nitrogens with zero attached hydrogens (tertiary/aromatic N) is 1. The highest BCUT2D eigenvalue weighted by Gasteiger charge is 2.26. The van der Waals surface area contributed by atoms with Crippen LogP contribution in [0.4, 0.5) is 13.2 Å². The second-order valence-corrected chi connectivity index (χ2v) is 3.91. The fourth-order valence-corrected chi connectivity index (χ4v) is 1.47. The van der Waals surface area contributed by atoms with Gasteiger partial charge in [-0.15, -0.1) is 0 Å². The second kappa shape index (κ2) is 6.88. The van der Waals surface area contributed by atoms with E-state index in [1.165, 1.54) is 19.2 Å². The Morgan fingerprint density at radius 1 is 1.40 bits per heavy atom. The van der Waals surface area contributed by atoms with Gasteiger partial charge in [0.2, 0.25) is 0 Å². The van der Waals surface area contributed by atoms with Crippen molar-refractivity contribution in [3.05, 3.63) is 23.8 Å². The van der Waals surface area contributed by atoms with Gasteiger partial charge in [-0.2, -0.15) is 13.2 Å². The van der Waals surface area contributed by atoms with Crippen molar-refractivity contribution in [1.29, 1.82) is 0 Å². The lowest BCUT2D eigenvalue weighted by Gasteiger charge is -2.12. The Kier molecular flexibility index (Phi) is 5.48. The maximum absolute atomic E-state index is 12.0. The number of hydrogen-bond donors (Lipinski definition) is 2. The van der Waals surface area contributed by atoms with Crippen LogP contribution in [-0.2, 0) is 0 Å². The molecule has 1 rings (SSSR count). The molecule has 0 fully saturated rings. The minimum atomic E-state index is -4.22. The fourth-order valence-electron chi connectivity index (χ4n) is 1.47. The summed E-state index contributed by atoms with van der Waals surface area (Å²) in [5.41, 5.74) is 5.74. The molecule has 0 radical (unpaired) electrons. The van der Waals surface area contributed by atoms with E-state index in [0.717, 1.165) is 0 Å². The van der Waals surface area contributed by atoms with E-state index in [2.05, 4.69) is 5.16 Å². The molecule has 0 spiro atoms. The first-order valence-electron chi connectivity index (χ1n) is 5.73. The predicted octanol–water partition coefficient (Wildman–Crippen LogP) is 2.51. The zero-order valence-electron chi connectivity index (χ0n) is 10.8. The molecule has 0 aliphatic heterocycles. The molecule has 20 heavy (non-hydrogen) atoms. The molecule has 0 aliphatic carbocycles. The van der Waals surface area contributed by atoms with Crippen molar-refractivity contribution < 1.29 is 27.9 Å². The van der Waals surface area contributed by atoms with Crippen molar-refractivity contribution in [2.24, 2.45) is 10.9 Å². The average Bonchev–Trinajstić information content (AvgIpc) is 2.41. The molecule has 112 valence electrons. The zero-order valence-corrected chi connectivity index (χ0v) is 10.8. The summed E-state index contributed by atoms with van der Waals surface area (Å²) in [6.45, 7) is -0.140. The number of rotatable bonds is 6. The third-order valence-electron chi connectivity index (χ3n) is 2.43. The number of oxime groups is 1. The first-order valence-corrected chi connectivity index (χ1v) is 5.73. The molecule has 0 saturated carbocycles. The highest BCUT2D eigenvalue weighted by molar-refractivity contribution is 5.99. The number of hydrogen-bond acceptors (Lipinski definition) is 4. The van der Waals surface area contributed by atoms with Gasteiger partial charge in [0, 0.05) is 12.5 Å². The van der Waals surface area contributed by atoms with Gasteiger partial charge in [-0.05, 0) is 18.6 Å². The van der Waals surface area contributed by atoms with Gasteiger partial charge in [0.25, 0.3) is 0 Å². The quantitative estimate of drug-likeness (QED) is 0.278. The number of halogens is 3. The molecule has 0 aromatic heterocycles. The van der Waals surface area contributed by atoms with Gasteiger partial charge in [0.05, 0.1) is 19.3 Å². The van der Waals surface area contributed by atoms with E-state index < -0.39 is 12.6 Å². The van der Waals surface area contributed by atoms with Crippen molar-refractivity contribution in [2.75, 3.05) is 13.7 Å². The molecule has 5 nitrogen and oxygen atoms in total. The minimum Gasteiger partial charge on any atom is -0.497 e. The molecule has 0 unspecified atom stereocenters. The van der Waals surface area contributed by atoms with Crippen LogP contribution in [0.5, 0.6) is 11.5 Å². The molecule has 0 heterocycles. The summed E-state index contributed by atoms with van der Waals surface area (Å²) < 4.78 is 46.3. The average molecular weight is 292 g/mol. The Bertz CT molecular complexity index is 476. The van der Waals surface area contributed by atoms with Crippen LogP contribution < -0.4 is 15.2 Å². The molecule has 1 aromatic rings. The van der Waals surface area contributed by atoms with E-state index >= 15 is 0 Å². The van der Waals surface area contributed by atoms with E-state index in [9.17, 15) is 13.2 Å². The maximum atomic E-state index is 12.0. The van der Waals surface area contributed by atoms with Gasteiger partial charge in [-0.1, -0.05) is 5.16 Å². The Balaban J connectivity index is 2.76. The molecule has 0 atom stereocenters. The van der Waals surface area contributed by atoms with Crippen LogP contribution in [0, 0.1) is 0 Å². The fraction of sp³-hybridized carbons (Fsp3) is 0.417. The van der Waals surface area contributed by atoms with E-state index in [4.69, 9.17) is 20.4 Å². The number of amidine groups is 1. The summed E-state index contributed by atoms with van der Waals surface area (Å²) in [5.74, 6) is 0.450. The molecule has 0 saturated heterocycles. The van der Waals surface area contributed by atoms with Crippen LogP contribution in [0.2, 0.25) is 0 Å². The number of methoxy groups -OCH3 is 1. The van der Waals surface area contributed by atoms with E-state index in [1.807, 2.05) is 0 Å².